The zero-order valence-corrected chi connectivity index (χ0v) is 11.4. The van der Waals surface area contributed by atoms with Crippen LogP contribution in [0.4, 0.5) is 0 Å². The summed E-state index contributed by atoms with van der Waals surface area (Å²) in [5, 5.41) is 13.0. The Balaban J connectivity index is 2.75. The van der Waals surface area contributed by atoms with Crippen molar-refractivity contribution in [1.82, 2.24) is 9.78 Å². The summed E-state index contributed by atoms with van der Waals surface area (Å²) < 4.78 is 5.92. The molecule has 0 aliphatic carbocycles. The van der Waals surface area contributed by atoms with Gasteiger partial charge in [-0.3, -0.25) is 9.59 Å². The topological polar surface area (TPSA) is 98.5 Å². The molecule has 0 radical (unpaired) electrons. The molecule has 2 aromatic rings. The van der Waals surface area contributed by atoms with Crippen LogP contribution in [0.5, 0.6) is 5.75 Å². The van der Waals surface area contributed by atoms with E-state index in [1.54, 1.807) is 18.2 Å². The summed E-state index contributed by atoms with van der Waals surface area (Å²) >= 11 is 0. The van der Waals surface area contributed by atoms with Crippen LogP contribution in [0.15, 0.2) is 35.1 Å². The average molecular weight is 288 g/mol. The van der Waals surface area contributed by atoms with E-state index in [9.17, 15) is 14.4 Å². The molecule has 1 aromatic heterocycles. The van der Waals surface area contributed by atoms with Crippen LogP contribution in [0.1, 0.15) is 27.8 Å². The van der Waals surface area contributed by atoms with E-state index in [2.05, 4.69) is 5.10 Å². The molecule has 1 aromatic carbocycles. The van der Waals surface area contributed by atoms with Crippen LogP contribution >= 0.6 is 0 Å². The van der Waals surface area contributed by atoms with Gasteiger partial charge in [0.2, 0.25) is 0 Å². The van der Waals surface area contributed by atoms with E-state index in [1.165, 1.54) is 20.1 Å². The van der Waals surface area contributed by atoms with Crippen LogP contribution in [-0.4, -0.2) is 33.7 Å². The maximum absolute atomic E-state index is 12.2. The van der Waals surface area contributed by atoms with Gasteiger partial charge in [-0.25, -0.2) is 4.79 Å². The Morgan fingerprint density at radius 1 is 1.29 bits per heavy atom. The molecule has 0 fully saturated rings. The Labute approximate surface area is 119 Å². The molecule has 1 heterocycles. The lowest BCUT2D eigenvalue weighted by atomic mass is 10.2. The molecule has 0 saturated heterocycles. The number of hydrogen-bond acceptors (Lipinski definition) is 5. The molecule has 0 aliphatic rings. The van der Waals surface area contributed by atoms with E-state index in [-0.39, 0.29) is 5.69 Å². The first-order valence-electron chi connectivity index (χ1n) is 5.97. The van der Waals surface area contributed by atoms with Gasteiger partial charge in [-0.05, 0) is 18.2 Å². The fraction of sp³-hybridized carbons (Fsp3) is 0.143. The standard InChI is InChI=1S/C14H12N2O5/c1-8(17)12-7-11(14(19)20)13(18)16(15-12)9-4-3-5-10(6-9)21-2/h3-7H,1-2H3,(H,19,20). The molecule has 0 unspecified atom stereocenters. The van der Waals surface area contributed by atoms with Crippen molar-refractivity contribution in [1.29, 1.82) is 0 Å². The number of benzene rings is 1. The van der Waals surface area contributed by atoms with Gasteiger partial charge in [0, 0.05) is 13.0 Å². The first-order chi connectivity index (χ1) is 9.93. The first kappa shape index (κ1) is 14.4. The van der Waals surface area contributed by atoms with Gasteiger partial charge in [-0.2, -0.15) is 9.78 Å². The van der Waals surface area contributed by atoms with Gasteiger partial charge in [-0.15, -0.1) is 0 Å². The van der Waals surface area contributed by atoms with Gasteiger partial charge in [0.05, 0.1) is 12.8 Å². The highest BCUT2D eigenvalue weighted by Gasteiger charge is 2.17. The number of nitrogens with zero attached hydrogens (tertiary/aromatic N) is 2. The molecule has 7 heteroatoms. The predicted octanol–water partition coefficient (Wildman–Crippen LogP) is 1.14. The maximum Gasteiger partial charge on any atom is 0.341 e. The van der Waals surface area contributed by atoms with Gasteiger partial charge in [-0.1, -0.05) is 6.07 Å². The predicted molar refractivity (Wildman–Crippen MR) is 73.3 cm³/mol. The summed E-state index contributed by atoms with van der Waals surface area (Å²) in [6.07, 6.45) is 0. The van der Waals surface area contributed by atoms with Crippen LogP contribution in [0.2, 0.25) is 0 Å². The van der Waals surface area contributed by atoms with E-state index >= 15 is 0 Å². The summed E-state index contributed by atoms with van der Waals surface area (Å²) in [6.45, 7) is 1.24. The second-order valence-electron chi connectivity index (χ2n) is 4.22. The lowest BCUT2D eigenvalue weighted by Crippen LogP contribution is -2.29. The molecule has 0 aliphatic heterocycles. The molecular formula is C14H12N2O5. The van der Waals surface area contributed by atoms with Gasteiger partial charge in [0.1, 0.15) is 17.0 Å². The van der Waals surface area contributed by atoms with Crippen molar-refractivity contribution in [2.45, 2.75) is 6.92 Å². The lowest BCUT2D eigenvalue weighted by Gasteiger charge is -2.08. The van der Waals surface area contributed by atoms with E-state index in [1.807, 2.05) is 0 Å². The zero-order chi connectivity index (χ0) is 15.6. The molecule has 21 heavy (non-hydrogen) atoms. The third kappa shape index (κ3) is 2.81. The summed E-state index contributed by atoms with van der Waals surface area (Å²) in [6, 6.07) is 7.35. The van der Waals surface area contributed by atoms with Crippen LogP contribution in [0.3, 0.4) is 0 Å². The first-order valence-corrected chi connectivity index (χ1v) is 5.97. The molecule has 0 spiro atoms. The van der Waals surface area contributed by atoms with E-state index in [4.69, 9.17) is 9.84 Å². The van der Waals surface area contributed by atoms with Crippen molar-refractivity contribution in [2.75, 3.05) is 7.11 Å². The number of hydrogen-bond donors (Lipinski definition) is 1. The largest absolute Gasteiger partial charge is 0.497 e. The van der Waals surface area contributed by atoms with Gasteiger partial charge in [0.25, 0.3) is 5.56 Å². The number of rotatable bonds is 4. The average Bonchev–Trinajstić information content (AvgIpc) is 2.46. The highest BCUT2D eigenvalue weighted by atomic mass is 16.5. The molecule has 7 nitrogen and oxygen atoms in total. The van der Waals surface area contributed by atoms with E-state index < -0.39 is 22.9 Å². The smallest absolute Gasteiger partial charge is 0.341 e. The number of carbonyl (C=O) groups excluding carboxylic acids is 1. The number of Topliss-reactive ketones (excluding diaryl/α,β-unsaturated/α-hetero) is 1. The van der Waals surface area contributed by atoms with Crippen molar-refractivity contribution < 1.29 is 19.4 Å². The van der Waals surface area contributed by atoms with Crippen LogP contribution < -0.4 is 10.3 Å². The number of carbonyl (C=O) groups is 2. The fourth-order valence-corrected chi connectivity index (χ4v) is 1.74. The monoisotopic (exact) mass is 288 g/mol. The Kier molecular flexibility index (Phi) is 3.84. The minimum Gasteiger partial charge on any atom is -0.497 e. The lowest BCUT2D eigenvalue weighted by molar-refractivity contribution is 0.0694. The number of aromatic nitrogens is 2. The molecule has 108 valence electrons. The van der Waals surface area contributed by atoms with Crippen LogP contribution in [0.25, 0.3) is 5.69 Å². The Morgan fingerprint density at radius 3 is 2.57 bits per heavy atom. The Hall–Kier alpha value is -2.96. The second-order valence-corrected chi connectivity index (χ2v) is 4.22. The van der Waals surface area contributed by atoms with E-state index in [0.29, 0.717) is 11.4 Å². The normalized spacial score (nSPS) is 10.2. The highest BCUT2D eigenvalue weighted by molar-refractivity contribution is 5.95. The molecular weight excluding hydrogens is 276 g/mol. The molecule has 0 atom stereocenters. The Bertz CT molecular complexity index is 779. The quantitative estimate of drug-likeness (QED) is 0.847. The van der Waals surface area contributed by atoms with E-state index in [0.717, 1.165) is 10.7 Å². The van der Waals surface area contributed by atoms with Crippen molar-refractivity contribution >= 4 is 11.8 Å². The molecule has 0 amide bonds. The Morgan fingerprint density at radius 2 is 2.00 bits per heavy atom. The summed E-state index contributed by atoms with van der Waals surface area (Å²) in [5.41, 5.74) is -1.13. The summed E-state index contributed by atoms with van der Waals surface area (Å²) in [4.78, 5) is 34.7. The highest BCUT2D eigenvalue weighted by Crippen LogP contribution is 2.15. The molecule has 2 rings (SSSR count). The van der Waals surface area contributed by atoms with Crippen LogP contribution in [0, 0.1) is 0 Å². The zero-order valence-electron chi connectivity index (χ0n) is 11.4. The maximum atomic E-state index is 12.2. The number of ether oxygens (including phenoxy) is 1. The third-order valence-corrected chi connectivity index (χ3v) is 2.80. The third-order valence-electron chi connectivity index (χ3n) is 2.80. The van der Waals surface area contributed by atoms with Crippen LogP contribution in [-0.2, 0) is 0 Å². The molecule has 0 saturated carbocycles. The van der Waals surface area contributed by atoms with Crippen molar-refractivity contribution in [2.24, 2.45) is 0 Å². The van der Waals surface area contributed by atoms with Crippen molar-refractivity contribution in [3.8, 4) is 11.4 Å². The summed E-state index contributed by atoms with van der Waals surface area (Å²) in [5.74, 6) is -1.37. The number of carboxylic acid groups (broad SMARTS) is 1. The second kappa shape index (κ2) is 5.58. The molecule has 0 bridgehead atoms. The number of aromatic carboxylic acids is 1. The number of ketones is 1. The van der Waals surface area contributed by atoms with Gasteiger partial charge in [0.15, 0.2) is 5.78 Å². The summed E-state index contributed by atoms with van der Waals surface area (Å²) in [7, 11) is 1.46. The number of methoxy groups -OCH3 is 1. The molecule has 1 N–H and O–H groups in total. The minimum absolute atomic E-state index is 0.102. The van der Waals surface area contributed by atoms with Gasteiger partial charge < -0.3 is 9.84 Å². The van der Waals surface area contributed by atoms with Crippen molar-refractivity contribution in [3.05, 3.63) is 51.9 Å². The minimum atomic E-state index is -1.42. The van der Waals surface area contributed by atoms with Crippen molar-refractivity contribution in [3.63, 3.8) is 0 Å². The SMILES string of the molecule is COc1cccc(-n2nc(C(C)=O)cc(C(=O)O)c2=O)c1. The van der Waals surface area contributed by atoms with Gasteiger partial charge >= 0.3 is 5.97 Å². The number of carboxylic acids is 1. The fourth-order valence-electron chi connectivity index (χ4n) is 1.74.